The molecule has 3 rings (SSSR count). The lowest BCUT2D eigenvalue weighted by molar-refractivity contribution is -0.157. The van der Waals surface area contributed by atoms with E-state index in [1.54, 1.807) is 34.6 Å². The van der Waals surface area contributed by atoms with Crippen LogP contribution >= 0.6 is 22.7 Å². The molecule has 1 N–H and O–H groups in total. The van der Waals surface area contributed by atoms with Crippen LogP contribution in [0.2, 0.25) is 0 Å². The Morgan fingerprint density at radius 2 is 2.30 bits per heavy atom. The van der Waals surface area contributed by atoms with Crippen LogP contribution in [0, 0.1) is 0 Å². The first kappa shape index (κ1) is 16.6. The van der Waals surface area contributed by atoms with Gasteiger partial charge in [0.25, 0.3) is 5.91 Å². The number of aromatic nitrogens is 1. The van der Waals surface area contributed by atoms with Crippen molar-refractivity contribution in [3.63, 3.8) is 0 Å². The molecule has 0 aliphatic carbocycles. The predicted octanol–water partition coefficient (Wildman–Crippen LogP) is 2.29. The number of amides is 1. The molecule has 1 fully saturated rings. The summed E-state index contributed by atoms with van der Waals surface area (Å²) in [7, 11) is 3.67. The predicted molar refractivity (Wildman–Crippen MR) is 93.6 cm³/mol. The van der Waals surface area contributed by atoms with E-state index in [0.29, 0.717) is 19.5 Å². The Balaban J connectivity index is 1.63. The van der Waals surface area contributed by atoms with Gasteiger partial charge in [0.1, 0.15) is 5.01 Å². The molecule has 1 aliphatic rings. The van der Waals surface area contributed by atoms with E-state index in [1.165, 1.54) is 4.88 Å². The minimum atomic E-state index is -1.27. The molecule has 1 saturated heterocycles. The fourth-order valence-electron chi connectivity index (χ4n) is 2.99. The minimum absolute atomic E-state index is 0.173. The molecule has 2 aromatic heterocycles. The van der Waals surface area contributed by atoms with Crippen LogP contribution in [-0.4, -0.2) is 58.6 Å². The minimum Gasteiger partial charge on any atom is -0.379 e. The van der Waals surface area contributed by atoms with Crippen molar-refractivity contribution in [2.45, 2.75) is 25.0 Å². The maximum absolute atomic E-state index is 12.2. The molecule has 1 aliphatic heterocycles. The highest BCUT2D eigenvalue weighted by Gasteiger charge is 2.41. The highest BCUT2D eigenvalue weighted by molar-refractivity contribution is 7.20. The van der Waals surface area contributed by atoms with Crippen molar-refractivity contribution in [1.82, 2.24) is 14.8 Å². The van der Waals surface area contributed by atoms with Crippen molar-refractivity contribution < 1.29 is 9.90 Å². The summed E-state index contributed by atoms with van der Waals surface area (Å²) >= 11 is 3.31. The van der Waals surface area contributed by atoms with E-state index in [1.807, 2.05) is 28.8 Å². The Morgan fingerprint density at radius 3 is 3.04 bits per heavy atom. The number of carbonyl (C=O) groups excluding carboxylic acids is 1. The molecule has 124 valence electrons. The third-order valence-corrected chi connectivity index (χ3v) is 6.01. The van der Waals surface area contributed by atoms with E-state index in [0.717, 1.165) is 23.7 Å². The summed E-state index contributed by atoms with van der Waals surface area (Å²) in [5.41, 5.74) is -0.296. The average molecular weight is 351 g/mol. The first-order valence-electron chi connectivity index (χ1n) is 7.63. The quantitative estimate of drug-likeness (QED) is 0.898. The molecular formula is C16H21N3O2S2. The lowest BCUT2D eigenvalue weighted by Crippen LogP contribution is -2.56. The average Bonchev–Trinajstić information content (AvgIpc) is 3.15. The molecule has 1 atom stereocenters. The maximum atomic E-state index is 12.2. The van der Waals surface area contributed by atoms with Crippen LogP contribution < -0.4 is 0 Å². The van der Waals surface area contributed by atoms with Crippen molar-refractivity contribution in [3.05, 3.63) is 28.6 Å². The summed E-state index contributed by atoms with van der Waals surface area (Å²) in [6, 6.07) is 4.09. The lowest BCUT2D eigenvalue weighted by Gasteiger charge is -2.38. The number of carbonyl (C=O) groups is 1. The largest absolute Gasteiger partial charge is 0.379 e. The van der Waals surface area contributed by atoms with Crippen LogP contribution in [0.1, 0.15) is 18.5 Å². The normalized spacial score (nSPS) is 22.1. The third-order valence-electron chi connectivity index (χ3n) is 4.08. The van der Waals surface area contributed by atoms with Crippen LogP contribution in [0.3, 0.4) is 0 Å². The van der Waals surface area contributed by atoms with Gasteiger partial charge in [-0.2, -0.15) is 0 Å². The number of piperidine rings is 1. The van der Waals surface area contributed by atoms with Crippen molar-refractivity contribution >= 4 is 28.6 Å². The monoisotopic (exact) mass is 351 g/mol. The van der Waals surface area contributed by atoms with Gasteiger partial charge < -0.3 is 10.0 Å². The molecule has 2 aromatic rings. The van der Waals surface area contributed by atoms with Crippen LogP contribution in [0.5, 0.6) is 0 Å². The Hall–Kier alpha value is -1.28. The summed E-state index contributed by atoms with van der Waals surface area (Å²) in [5.74, 6) is -0.173. The molecule has 0 aromatic carbocycles. The lowest BCUT2D eigenvalue weighted by atomic mass is 9.91. The third kappa shape index (κ3) is 3.63. The standard InChI is InChI=1S/C16H21N3O2S2/c1-18(11-16(21)6-4-7-19(2)15(16)20)9-12-10-23-14(17-12)13-5-3-8-22-13/h3,5,8,10,21H,4,6-7,9,11H2,1-2H3. The smallest absolute Gasteiger partial charge is 0.255 e. The number of hydrogen-bond acceptors (Lipinski definition) is 6. The van der Waals surface area contributed by atoms with E-state index >= 15 is 0 Å². The van der Waals surface area contributed by atoms with Crippen molar-refractivity contribution in [2.75, 3.05) is 27.2 Å². The zero-order valence-corrected chi connectivity index (χ0v) is 15.0. The second-order valence-electron chi connectivity index (χ2n) is 6.16. The fourth-order valence-corrected chi connectivity index (χ4v) is 4.62. The second-order valence-corrected chi connectivity index (χ2v) is 7.96. The van der Waals surface area contributed by atoms with Crippen molar-refractivity contribution in [2.24, 2.45) is 0 Å². The summed E-state index contributed by atoms with van der Waals surface area (Å²) < 4.78 is 0. The van der Waals surface area contributed by atoms with Gasteiger partial charge in [0.15, 0.2) is 5.60 Å². The van der Waals surface area contributed by atoms with Gasteiger partial charge in [-0.1, -0.05) is 6.07 Å². The van der Waals surface area contributed by atoms with E-state index in [4.69, 9.17) is 0 Å². The van der Waals surface area contributed by atoms with Crippen LogP contribution in [0.4, 0.5) is 0 Å². The highest BCUT2D eigenvalue weighted by atomic mass is 32.1. The second kappa shape index (κ2) is 6.68. The van der Waals surface area contributed by atoms with Crippen LogP contribution in [0.25, 0.3) is 9.88 Å². The molecule has 0 radical (unpaired) electrons. The number of likely N-dealkylation sites (N-methyl/N-ethyl adjacent to an activating group) is 2. The van der Waals surface area contributed by atoms with E-state index in [9.17, 15) is 9.90 Å². The molecule has 7 heteroatoms. The Morgan fingerprint density at radius 1 is 1.48 bits per heavy atom. The molecule has 3 heterocycles. The number of likely N-dealkylation sites (tertiary alicyclic amines) is 1. The van der Waals surface area contributed by atoms with Gasteiger partial charge in [-0.3, -0.25) is 9.69 Å². The van der Waals surface area contributed by atoms with Gasteiger partial charge in [-0.05, 0) is 31.3 Å². The maximum Gasteiger partial charge on any atom is 0.255 e. The molecular weight excluding hydrogens is 330 g/mol. The number of thiophene rings is 1. The van der Waals surface area contributed by atoms with E-state index in [2.05, 4.69) is 11.1 Å². The highest BCUT2D eigenvalue weighted by Crippen LogP contribution is 2.28. The molecule has 23 heavy (non-hydrogen) atoms. The van der Waals surface area contributed by atoms with E-state index < -0.39 is 5.60 Å². The van der Waals surface area contributed by atoms with Crippen LogP contribution in [0.15, 0.2) is 22.9 Å². The Labute approximate surface area is 144 Å². The van der Waals surface area contributed by atoms with Gasteiger partial charge in [-0.15, -0.1) is 22.7 Å². The molecule has 5 nitrogen and oxygen atoms in total. The molecule has 1 amide bonds. The van der Waals surface area contributed by atoms with Crippen LogP contribution in [-0.2, 0) is 11.3 Å². The zero-order chi connectivity index (χ0) is 16.4. The fraction of sp³-hybridized carbons (Fsp3) is 0.500. The van der Waals surface area contributed by atoms with Gasteiger partial charge in [0.05, 0.1) is 10.6 Å². The molecule has 1 unspecified atom stereocenters. The number of rotatable bonds is 5. The Kier molecular flexibility index (Phi) is 4.82. The summed E-state index contributed by atoms with van der Waals surface area (Å²) in [5, 5.41) is 15.8. The van der Waals surface area contributed by atoms with Gasteiger partial charge in [-0.25, -0.2) is 4.98 Å². The zero-order valence-electron chi connectivity index (χ0n) is 13.4. The van der Waals surface area contributed by atoms with Crippen molar-refractivity contribution in [1.29, 1.82) is 0 Å². The topological polar surface area (TPSA) is 56.7 Å². The number of hydrogen-bond donors (Lipinski definition) is 1. The Bertz CT molecular complexity index is 671. The summed E-state index contributed by atoms with van der Waals surface area (Å²) in [6.45, 7) is 1.68. The van der Waals surface area contributed by atoms with Gasteiger partial charge in [0.2, 0.25) is 0 Å². The summed E-state index contributed by atoms with van der Waals surface area (Å²) in [6.07, 6.45) is 1.36. The number of aliphatic hydroxyl groups is 1. The number of thiazole rings is 1. The molecule has 0 saturated carbocycles. The van der Waals surface area contributed by atoms with Gasteiger partial charge >= 0.3 is 0 Å². The first-order valence-corrected chi connectivity index (χ1v) is 9.39. The van der Waals surface area contributed by atoms with Crippen molar-refractivity contribution in [3.8, 4) is 9.88 Å². The summed E-state index contributed by atoms with van der Waals surface area (Å²) in [4.78, 5) is 21.7. The van der Waals surface area contributed by atoms with E-state index in [-0.39, 0.29) is 5.91 Å². The van der Waals surface area contributed by atoms with Gasteiger partial charge in [0, 0.05) is 32.1 Å². The SMILES string of the molecule is CN(Cc1csc(-c2cccs2)n1)CC1(O)CCCN(C)C1=O. The molecule has 0 spiro atoms. The molecule has 0 bridgehead atoms. The number of nitrogens with zero attached hydrogens (tertiary/aromatic N) is 3. The first-order chi connectivity index (χ1) is 11.0.